The largest absolute Gasteiger partial charge is 0.493 e. The quantitative estimate of drug-likeness (QED) is 0.304. The van der Waals surface area contributed by atoms with E-state index in [1.807, 2.05) is 32.9 Å². The molecule has 1 atom stereocenters. The van der Waals surface area contributed by atoms with Gasteiger partial charge >= 0.3 is 5.97 Å². The highest BCUT2D eigenvalue weighted by Crippen LogP contribution is 2.31. The van der Waals surface area contributed by atoms with Crippen LogP contribution in [0.2, 0.25) is 0 Å². The third-order valence-electron chi connectivity index (χ3n) is 6.14. The van der Waals surface area contributed by atoms with Crippen LogP contribution in [0, 0.1) is 12.8 Å². The molecule has 0 aliphatic heterocycles. The molecule has 9 nitrogen and oxygen atoms in total. The normalized spacial score (nSPS) is 12.4. The van der Waals surface area contributed by atoms with E-state index in [9.17, 15) is 23.1 Å². The minimum Gasteiger partial charge on any atom is -0.493 e. The zero-order chi connectivity index (χ0) is 28.3. The van der Waals surface area contributed by atoms with E-state index in [4.69, 9.17) is 9.47 Å². The summed E-state index contributed by atoms with van der Waals surface area (Å²) < 4.78 is 38.5. The topological polar surface area (TPSA) is 122 Å². The van der Waals surface area contributed by atoms with E-state index in [0.29, 0.717) is 37.3 Å². The summed E-state index contributed by atoms with van der Waals surface area (Å²) in [7, 11) is -0.880. The number of aryl methyl sites for hydroxylation is 2. The minimum absolute atomic E-state index is 0.0560. The Balaban J connectivity index is 1.94. The lowest BCUT2D eigenvalue weighted by molar-refractivity contribution is -0.142. The van der Waals surface area contributed by atoms with E-state index >= 15 is 0 Å². The van der Waals surface area contributed by atoms with Crippen molar-refractivity contribution in [1.29, 1.82) is 0 Å². The van der Waals surface area contributed by atoms with Gasteiger partial charge in [0.05, 0.1) is 19.1 Å². The standard InChI is InChI=1S/C28H40N2O7S/c1-20(2)19-30(38(34,35)23-15-12-21(3)13-16-23)24(28(32)33)10-6-7-18-29-26(31)17-14-22-9-8-11-25(36-4)27(22)37-5/h8-9,11-13,15-16,20,24H,6-7,10,14,17-19H2,1-5H3,(H,29,31)(H,32,33)/t24-/m0/s1. The van der Waals surface area contributed by atoms with Crippen LogP contribution in [0.1, 0.15) is 50.7 Å². The maximum atomic E-state index is 13.4. The number of rotatable bonds is 16. The van der Waals surface area contributed by atoms with Crippen molar-refractivity contribution in [2.24, 2.45) is 5.92 Å². The van der Waals surface area contributed by atoms with Gasteiger partial charge in [0.15, 0.2) is 11.5 Å². The van der Waals surface area contributed by atoms with E-state index < -0.39 is 22.0 Å². The van der Waals surface area contributed by atoms with E-state index in [2.05, 4.69) is 5.32 Å². The highest BCUT2D eigenvalue weighted by molar-refractivity contribution is 7.89. The number of carboxylic acid groups (broad SMARTS) is 1. The number of carbonyl (C=O) groups is 2. The molecule has 1 amide bonds. The summed E-state index contributed by atoms with van der Waals surface area (Å²) in [6, 6.07) is 10.7. The average molecular weight is 549 g/mol. The van der Waals surface area contributed by atoms with Crippen LogP contribution >= 0.6 is 0 Å². The Kier molecular flexibility index (Phi) is 12.1. The molecule has 2 N–H and O–H groups in total. The molecule has 0 spiro atoms. The van der Waals surface area contributed by atoms with Crippen molar-refractivity contribution >= 4 is 21.9 Å². The molecule has 210 valence electrons. The lowest BCUT2D eigenvalue weighted by atomic mass is 10.1. The minimum atomic E-state index is -3.99. The van der Waals surface area contributed by atoms with Gasteiger partial charge in [0, 0.05) is 19.5 Å². The van der Waals surface area contributed by atoms with E-state index in [1.54, 1.807) is 32.4 Å². The van der Waals surface area contributed by atoms with Crippen molar-refractivity contribution < 1.29 is 32.6 Å². The van der Waals surface area contributed by atoms with E-state index in [1.165, 1.54) is 12.1 Å². The molecule has 10 heteroatoms. The van der Waals surface area contributed by atoms with Gasteiger partial charge in [-0.3, -0.25) is 9.59 Å². The first kappa shape index (κ1) is 31.1. The first-order chi connectivity index (χ1) is 18.0. The molecule has 0 aliphatic rings. The molecular weight excluding hydrogens is 508 g/mol. The highest BCUT2D eigenvalue weighted by atomic mass is 32.2. The summed E-state index contributed by atoms with van der Waals surface area (Å²) in [4.78, 5) is 24.6. The molecule has 2 aromatic carbocycles. The zero-order valence-electron chi connectivity index (χ0n) is 22.9. The van der Waals surface area contributed by atoms with Gasteiger partial charge in [-0.2, -0.15) is 4.31 Å². The van der Waals surface area contributed by atoms with Gasteiger partial charge in [-0.1, -0.05) is 43.7 Å². The maximum Gasteiger partial charge on any atom is 0.322 e. The maximum absolute atomic E-state index is 13.4. The van der Waals surface area contributed by atoms with Gasteiger partial charge in [0.2, 0.25) is 15.9 Å². The second-order valence-corrected chi connectivity index (χ2v) is 11.5. The molecule has 0 bridgehead atoms. The molecule has 0 heterocycles. The fourth-order valence-corrected chi connectivity index (χ4v) is 5.94. The van der Waals surface area contributed by atoms with Crippen molar-refractivity contribution in [2.75, 3.05) is 27.3 Å². The number of carboxylic acids is 1. The third kappa shape index (κ3) is 8.73. The summed E-state index contributed by atoms with van der Waals surface area (Å²) in [5.41, 5.74) is 1.78. The van der Waals surface area contributed by atoms with Crippen LogP contribution in [-0.4, -0.2) is 63.1 Å². The SMILES string of the molecule is COc1cccc(CCC(=O)NCCCC[C@@H](C(=O)O)N(CC(C)C)S(=O)(=O)c2ccc(C)cc2)c1OC. The van der Waals surface area contributed by atoms with Gasteiger partial charge in [-0.25, -0.2) is 8.42 Å². The number of hydrogen-bond donors (Lipinski definition) is 2. The van der Waals surface area contributed by atoms with Gasteiger partial charge in [-0.05, 0) is 62.3 Å². The number of nitrogens with zero attached hydrogens (tertiary/aromatic N) is 1. The second kappa shape index (κ2) is 14.7. The zero-order valence-corrected chi connectivity index (χ0v) is 23.7. The number of benzene rings is 2. The second-order valence-electron chi connectivity index (χ2n) is 9.63. The molecule has 0 unspecified atom stereocenters. The molecule has 2 rings (SSSR count). The van der Waals surface area contributed by atoms with Crippen molar-refractivity contribution in [3.63, 3.8) is 0 Å². The van der Waals surface area contributed by atoms with Crippen LogP contribution in [0.25, 0.3) is 0 Å². The fraction of sp³-hybridized carbons (Fsp3) is 0.500. The number of nitrogens with one attached hydrogen (secondary N) is 1. The lowest BCUT2D eigenvalue weighted by Gasteiger charge is -2.29. The predicted octanol–water partition coefficient (Wildman–Crippen LogP) is 4.03. The Bertz CT molecular complexity index is 1160. The first-order valence-electron chi connectivity index (χ1n) is 12.8. The number of sulfonamides is 1. The third-order valence-corrected chi connectivity index (χ3v) is 8.03. The summed E-state index contributed by atoms with van der Waals surface area (Å²) in [5, 5.41) is 12.8. The lowest BCUT2D eigenvalue weighted by Crippen LogP contribution is -2.46. The van der Waals surface area contributed by atoms with E-state index in [0.717, 1.165) is 15.4 Å². The molecule has 0 saturated heterocycles. The number of methoxy groups -OCH3 is 2. The predicted molar refractivity (Wildman–Crippen MR) is 146 cm³/mol. The molecule has 0 aliphatic carbocycles. The molecule has 0 saturated carbocycles. The van der Waals surface area contributed by atoms with Crippen molar-refractivity contribution in [3.05, 3.63) is 53.6 Å². The van der Waals surface area contributed by atoms with Crippen molar-refractivity contribution in [2.45, 2.75) is 63.8 Å². The van der Waals surface area contributed by atoms with E-state index in [-0.39, 0.29) is 36.1 Å². The summed E-state index contributed by atoms with van der Waals surface area (Å²) in [5.74, 6) is -0.159. The number of amides is 1. The van der Waals surface area contributed by atoms with Gasteiger partial charge in [0.25, 0.3) is 0 Å². The number of aliphatic carboxylic acids is 1. The first-order valence-corrected chi connectivity index (χ1v) is 14.2. The van der Waals surface area contributed by atoms with Crippen LogP contribution in [0.15, 0.2) is 47.4 Å². The van der Waals surface area contributed by atoms with Crippen molar-refractivity contribution in [3.8, 4) is 11.5 Å². The molecular formula is C28H40N2O7S. The van der Waals surface area contributed by atoms with Gasteiger partial charge < -0.3 is 19.9 Å². The fourth-order valence-electron chi connectivity index (χ4n) is 4.17. The monoisotopic (exact) mass is 548 g/mol. The van der Waals surface area contributed by atoms with Crippen molar-refractivity contribution in [1.82, 2.24) is 9.62 Å². The highest BCUT2D eigenvalue weighted by Gasteiger charge is 2.36. The summed E-state index contributed by atoms with van der Waals surface area (Å²) >= 11 is 0. The number of carbonyl (C=O) groups excluding carboxylic acids is 1. The van der Waals surface area contributed by atoms with Crippen LogP contribution in [0.4, 0.5) is 0 Å². The Morgan fingerprint density at radius 1 is 1.03 bits per heavy atom. The molecule has 0 aromatic heterocycles. The Morgan fingerprint density at radius 3 is 2.29 bits per heavy atom. The average Bonchev–Trinajstić information content (AvgIpc) is 2.87. The molecule has 38 heavy (non-hydrogen) atoms. The number of ether oxygens (including phenoxy) is 2. The Labute approximate surface area is 226 Å². The molecule has 2 aromatic rings. The van der Waals surface area contributed by atoms with Crippen LogP contribution < -0.4 is 14.8 Å². The molecule has 0 radical (unpaired) electrons. The van der Waals surface area contributed by atoms with Crippen LogP contribution in [-0.2, 0) is 26.0 Å². The summed E-state index contributed by atoms with van der Waals surface area (Å²) in [6.07, 6.45) is 1.85. The Hall–Kier alpha value is -3.11. The number of para-hydroxylation sites is 1. The molecule has 0 fully saturated rings. The van der Waals surface area contributed by atoms with Gasteiger partial charge in [0.1, 0.15) is 6.04 Å². The Morgan fingerprint density at radius 2 is 1.71 bits per heavy atom. The number of unbranched alkanes of at least 4 members (excludes halogenated alkanes) is 1. The smallest absolute Gasteiger partial charge is 0.322 e. The van der Waals surface area contributed by atoms with Gasteiger partial charge in [-0.15, -0.1) is 0 Å². The number of hydrogen-bond acceptors (Lipinski definition) is 6. The van der Waals surface area contributed by atoms with Crippen LogP contribution in [0.3, 0.4) is 0 Å². The van der Waals surface area contributed by atoms with Crippen LogP contribution in [0.5, 0.6) is 11.5 Å². The summed E-state index contributed by atoms with van der Waals surface area (Å²) in [6.45, 7) is 6.03.